The van der Waals surface area contributed by atoms with Gasteiger partial charge in [0.15, 0.2) is 11.6 Å². The SMILES string of the molecule is CCCCCCCCCCC.CCc1cc(C)c(F)c(F)c1. The average Bonchev–Trinajstić information content (AvgIpc) is 2.52. The lowest BCUT2D eigenvalue weighted by molar-refractivity contribution is 0.501. The number of halogens is 2. The van der Waals surface area contributed by atoms with E-state index in [1.807, 2.05) is 6.92 Å². The van der Waals surface area contributed by atoms with Crippen LogP contribution in [-0.2, 0) is 6.42 Å². The van der Waals surface area contributed by atoms with Crippen LogP contribution in [0.2, 0.25) is 0 Å². The van der Waals surface area contributed by atoms with Crippen molar-refractivity contribution in [3.63, 3.8) is 0 Å². The van der Waals surface area contributed by atoms with E-state index in [-0.39, 0.29) is 0 Å². The highest BCUT2D eigenvalue weighted by molar-refractivity contribution is 5.25. The number of unbranched alkanes of at least 4 members (excludes halogenated alkanes) is 8. The highest BCUT2D eigenvalue weighted by atomic mass is 19.2. The molecule has 22 heavy (non-hydrogen) atoms. The topological polar surface area (TPSA) is 0 Å². The maximum atomic E-state index is 12.7. The lowest BCUT2D eigenvalue weighted by Crippen LogP contribution is -1.91. The van der Waals surface area contributed by atoms with Crippen LogP contribution >= 0.6 is 0 Å². The van der Waals surface area contributed by atoms with Gasteiger partial charge in [-0.15, -0.1) is 0 Å². The van der Waals surface area contributed by atoms with Crippen LogP contribution in [0.3, 0.4) is 0 Å². The largest absolute Gasteiger partial charge is 0.204 e. The third kappa shape index (κ3) is 9.92. The Kier molecular flexibility index (Phi) is 13.1. The van der Waals surface area contributed by atoms with Crippen molar-refractivity contribution in [1.82, 2.24) is 0 Å². The molecule has 0 saturated heterocycles. The lowest BCUT2D eigenvalue weighted by atomic mass is 10.1. The highest BCUT2D eigenvalue weighted by Gasteiger charge is 2.05. The molecule has 0 bridgehead atoms. The summed E-state index contributed by atoms with van der Waals surface area (Å²) in [6.07, 6.45) is 13.7. The molecule has 0 heterocycles. The van der Waals surface area contributed by atoms with E-state index in [1.165, 1.54) is 63.9 Å². The molecule has 0 saturated carbocycles. The van der Waals surface area contributed by atoms with Crippen LogP contribution in [0.5, 0.6) is 0 Å². The van der Waals surface area contributed by atoms with Crippen molar-refractivity contribution in [3.05, 3.63) is 34.9 Å². The molecule has 0 radical (unpaired) electrons. The first kappa shape index (κ1) is 21.1. The molecule has 0 amide bonds. The van der Waals surface area contributed by atoms with Crippen LogP contribution in [0.1, 0.15) is 89.7 Å². The Labute approximate surface area is 136 Å². The third-order valence-electron chi connectivity index (χ3n) is 3.89. The summed E-state index contributed by atoms with van der Waals surface area (Å²) in [5.41, 5.74) is 1.21. The van der Waals surface area contributed by atoms with Gasteiger partial charge in [-0.1, -0.05) is 84.6 Å². The molecule has 0 aliphatic heterocycles. The molecule has 0 unspecified atom stereocenters. The normalized spacial score (nSPS) is 10.3. The van der Waals surface area contributed by atoms with E-state index in [0.717, 1.165) is 12.0 Å². The number of hydrogen-bond donors (Lipinski definition) is 0. The molecule has 0 fully saturated rings. The number of benzene rings is 1. The first-order valence-electron chi connectivity index (χ1n) is 9.01. The summed E-state index contributed by atoms with van der Waals surface area (Å²) < 4.78 is 25.3. The van der Waals surface area contributed by atoms with Crippen LogP contribution in [0.15, 0.2) is 12.1 Å². The Morgan fingerprint density at radius 3 is 1.55 bits per heavy atom. The molecule has 128 valence electrons. The zero-order valence-corrected chi connectivity index (χ0v) is 15.0. The summed E-state index contributed by atoms with van der Waals surface area (Å²) in [5.74, 6) is -1.48. The zero-order chi connectivity index (χ0) is 16.8. The number of hydrogen-bond acceptors (Lipinski definition) is 0. The predicted molar refractivity (Wildman–Crippen MR) is 93.4 cm³/mol. The Morgan fingerprint density at radius 1 is 0.727 bits per heavy atom. The molecular formula is C20H34F2. The van der Waals surface area contributed by atoms with Gasteiger partial charge in [0.2, 0.25) is 0 Å². The molecule has 0 aromatic heterocycles. The molecule has 2 heteroatoms. The fraction of sp³-hybridized carbons (Fsp3) is 0.700. The first-order valence-corrected chi connectivity index (χ1v) is 9.01. The lowest BCUT2D eigenvalue weighted by Gasteiger charge is -2.01. The van der Waals surface area contributed by atoms with Crippen LogP contribution in [-0.4, -0.2) is 0 Å². The second-order valence-electron chi connectivity index (χ2n) is 6.04. The third-order valence-corrected chi connectivity index (χ3v) is 3.89. The van der Waals surface area contributed by atoms with Crippen molar-refractivity contribution in [2.45, 2.75) is 91.9 Å². The molecule has 1 aromatic rings. The van der Waals surface area contributed by atoms with Gasteiger partial charge in [-0.25, -0.2) is 8.78 Å². The van der Waals surface area contributed by atoms with Gasteiger partial charge < -0.3 is 0 Å². The van der Waals surface area contributed by atoms with E-state index >= 15 is 0 Å². The fourth-order valence-electron chi connectivity index (χ4n) is 2.39. The summed E-state index contributed by atoms with van der Waals surface area (Å²) in [7, 11) is 0. The Hall–Kier alpha value is -0.920. The van der Waals surface area contributed by atoms with E-state index in [0.29, 0.717) is 5.56 Å². The van der Waals surface area contributed by atoms with Gasteiger partial charge in [0.05, 0.1) is 0 Å². The molecule has 0 atom stereocenters. The van der Waals surface area contributed by atoms with E-state index in [1.54, 1.807) is 13.0 Å². The molecular weight excluding hydrogens is 278 g/mol. The van der Waals surface area contributed by atoms with Crippen molar-refractivity contribution < 1.29 is 8.78 Å². The fourth-order valence-corrected chi connectivity index (χ4v) is 2.39. The summed E-state index contributed by atoms with van der Waals surface area (Å²) >= 11 is 0. The van der Waals surface area contributed by atoms with Gasteiger partial charge in [-0.2, -0.15) is 0 Å². The number of aryl methyl sites for hydroxylation is 2. The van der Waals surface area contributed by atoms with Gasteiger partial charge in [-0.3, -0.25) is 0 Å². The van der Waals surface area contributed by atoms with Crippen LogP contribution in [0.4, 0.5) is 8.78 Å². The zero-order valence-electron chi connectivity index (χ0n) is 15.0. The Balaban J connectivity index is 0.000000401. The summed E-state index contributed by atoms with van der Waals surface area (Å²) in [6, 6.07) is 2.90. The van der Waals surface area contributed by atoms with Crippen molar-refractivity contribution in [3.8, 4) is 0 Å². The van der Waals surface area contributed by atoms with Crippen molar-refractivity contribution >= 4 is 0 Å². The number of rotatable bonds is 9. The van der Waals surface area contributed by atoms with Crippen LogP contribution in [0, 0.1) is 18.6 Å². The first-order chi connectivity index (χ1) is 10.6. The van der Waals surface area contributed by atoms with Crippen LogP contribution < -0.4 is 0 Å². The molecule has 1 rings (SSSR count). The quantitative estimate of drug-likeness (QED) is 0.417. The smallest absolute Gasteiger partial charge is 0.161 e. The van der Waals surface area contributed by atoms with Crippen molar-refractivity contribution in [2.24, 2.45) is 0 Å². The summed E-state index contributed by atoms with van der Waals surface area (Å²) in [5, 5.41) is 0. The average molecular weight is 312 g/mol. The van der Waals surface area contributed by atoms with E-state index in [4.69, 9.17) is 0 Å². The minimum absolute atomic E-state index is 0.377. The van der Waals surface area contributed by atoms with Gasteiger partial charge in [0, 0.05) is 0 Å². The Bertz CT molecular complexity index is 354. The maximum absolute atomic E-state index is 12.7. The standard InChI is InChI=1S/C11H24.C9H10F2/c1-3-5-7-9-11-10-8-6-4-2;1-3-7-4-6(2)9(11)8(10)5-7/h3-11H2,1-2H3;4-5H,3H2,1-2H3. The van der Waals surface area contributed by atoms with E-state index < -0.39 is 11.6 Å². The summed E-state index contributed by atoms with van der Waals surface area (Å²) in [6.45, 7) is 8.03. The van der Waals surface area contributed by atoms with Crippen molar-refractivity contribution in [2.75, 3.05) is 0 Å². The molecule has 0 spiro atoms. The Morgan fingerprint density at radius 2 is 1.18 bits per heavy atom. The molecule has 0 aliphatic rings. The van der Waals surface area contributed by atoms with Gasteiger partial charge in [0.1, 0.15) is 0 Å². The predicted octanol–water partition coefficient (Wildman–Crippen LogP) is 7.37. The van der Waals surface area contributed by atoms with Gasteiger partial charge >= 0.3 is 0 Å². The van der Waals surface area contributed by atoms with E-state index in [2.05, 4.69) is 13.8 Å². The summed E-state index contributed by atoms with van der Waals surface area (Å²) in [4.78, 5) is 0. The highest BCUT2D eigenvalue weighted by Crippen LogP contribution is 2.14. The van der Waals surface area contributed by atoms with Gasteiger partial charge in [0.25, 0.3) is 0 Å². The maximum Gasteiger partial charge on any atom is 0.161 e. The monoisotopic (exact) mass is 312 g/mol. The molecule has 1 aromatic carbocycles. The van der Waals surface area contributed by atoms with Crippen LogP contribution in [0.25, 0.3) is 0 Å². The molecule has 0 N–H and O–H groups in total. The molecule has 0 aliphatic carbocycles. The minimum atomic E-state index is -0.748. The van der Waals surface area contributed by atoms with Crippen molar-refractivity contribution in [1.29, 1.82) is 0 Å². The van der Waals surface area contributed by atoms with Gasteiger partial charge in [-0.05, 0) is 30.5 Å². The molecule has 0 nitrogen and oxygen atoms in total. The minimum Gasteiger partial charge on any atom is -0.204 e. The second kappa shape index (κ2) is 13.7. The second-order valence-corrected chi connectivity index (χ2v) is 6.04. The van der Waals surface area contributed by atoms with E-state index in [9.17, 15) is 8.78 Å².